The molecule has 1 aliphatic rings. The van der Waals surface area contributed by atoms with Crippen molar-refractivity contribution in [3.8, 4) is 0 Å². The molecule has 2 heterocycles. The van der Waals surface area contributed by atoms with E-state index >= 15 is 0 Å². The quantitative estimate of drug-likeness (QED) is 0.794. The molecular formula is C13H10BrFN2OS. The van der Waals surface area contributed by atoms with Crippen molar-refractivity contribution < 1.29 is 9.18 Å². The van der Waals surface area contributed by atoms with E-state index in [4.69, 9.17) is 0 Å². The van der Waals surface area contributed by atoms with Gasteiger partial charge < -0.3 is 4.90 Å². The SMILES string of the molecule is O=C(c1cscn1)N1CCCc2c(F)cc(Br)cc21. The second-order valence-corrected chi connectivity index (χ2v) is 5.95. The number of carbonyl (C=O) groups is 1. The summed E-state index contributed by atoms with van der Waals surface area (Å²) in [5.74, 6) is -0.431. The van der Waals surface area contributed by atoms with Crippen LogP contribution in [0, 0.1) is 5.82 Å². The lowest BCUT2D eigenvalue weighted by molar-refractivity contribution is 0.0981. The molecule has 0 fully saturated rings. The Kier molecular flexibility index (Phi) is 3.36. The van der Waals surface area contributed by atoms with Crippen molar-refractivity contribution in [1.82, 2.24) is 4.98 Å². The molecule has 1 aliphatic heterocycles. The Morgan fingerprint density at radius 1 is 1.47 bits per heavy atom. The minimum absolute atomic E-state index is 0.167. The molecule has 0 unspecified atom stereocenters. The van der Waals surface area contributed by atoms with Crippen molar-refractivity contribution >= 4 is 38.9 Å². The number of anilines is 1. The van der Waals surface area contributed by atoms with E-state index in [9.17, 15) is 9.18 Å². The zero-order chi connectivity index (χ0) is 13.4. The molecule has 0 atom stereocenters. The van der Waals surface area contributed by atoms with Crippen LogP contribution in [0.2, 0.25) is 0 Å². The molecule has 0 N–H and O–H groups in total. The number of fused-ring (bicyclic) bond motifs is 1. The average molecular weight is 341 g/mol. The summed E-state index contributed by atoms with van der Waals surface area (Å²) in [5, 5.41) is 1.71. The summed E-state index contributed by atoms with van der Waals surface area (Å²) in [5.41, 5.74) is 3.30. The minimum Gasteiger partial charge on any atom is -0.307 e. The second kappa shape index (κ2) is 5.02. The number of hydrogen-bond acceptors (Lipinski definition) is 3. The number of hydrogen-bond donors (Lipinski definition) is 0. The molecule has 0 bridgehead atoms. The molecule has 2 aromatic rings. The normalized spacial score (nSPS) is 14.3. The molecule has 3 rings (SSSR count). The van der Waals surface area contributed by atoms with Gasteiger partial charge in [-0.2, -0.15) is 0 Å². The molecule has 1 aromatic heterocycles. The van der Waals surface area contributed by atoms with Gasteiger partial charge in [-0.05, 0) is 25.0 Å². The van der Waals surface area contributed by atoms with Crippen LogP contribution < -0.4 is 4.90 Å². The van der Waals surface area contributed by atoms with Crippen molar-refractivity contribution in [2.24, 2.45) is 0 Å². The van der Waals surface area contributed by atoms with Crippen LogP contribution in [0.25, 0.3) is 0 Å². The molecule has 1 aromatic carbocycles. The van der Waals surface area contributed by atoms with E-state index in [1.54, 1.807) is 21.9 Å². The highest BCUT2D eigenvalue weighted by Crippen LogP contribution is 2.33. The van der Waals surface area contributed by atoms with Crippen LogP contribution in [0.5, 0.6) is 0 Å². The first kappa shape index (κ1) is 12.7. The van der Waals surface area contributed by atoms with Crippen LogP contribution in [-0.4, -0.2) is 17.4 Å². The van der Waals surface area contributed by atoms with Gasteiger partial charge in [0.1, 0.15) is 11.5 Å². The van der Waals surface area contributed by atoms with Gasteiger partial charge in [0.25, 0.3) is 5.91 Å². The topological polar surface area (TPSA) is 33.2 Å². The molecule has 3 nitrogen and oxygen atoms in total. The Morgan fingerprint density at radius 3 is 3.05 bits per heavy atom. The largest absolute Gasteiger partial charge is 0.307 e. The van der Waals surface area contributed by atoms with Crippen LogP contribution in [0.1, 0.15) is 22.5 Å². The third kappa shape index (κ3) is 2.30. The van der Waals surface area contributed by atoms with Crippen molar-refractivity contribution in [2.45, 2.75) is 12.8 Å². The summed E-state index contributed by atoms with van der Waals surface area (Å²) in [6, 6.07) is 3.23. The fourth-order valence-corrected chi connectivity index (χ4v) is 3.22. The lowest BCUT2D eigenvalue weighted by atomic mass is 10.0. The number of rotatable bonds is 1. The lowest BCUT2D eigenvalue weighted by Gasteiger charge is -2.29. The number of benzene rings is 1. The average Bonchev–Trinajstić information content (AvgIpc) is 2.91. The van der Waals surface area contributed by atoms with E-state index in [-0.39, 0.29) is 11.7 Å². The first-order valence-electron chi connectivity index (χ1n) is 5.85. The van der Waals surface area contributed by atoms with Gasteiger partial charge in [-0.3, -0.25) is 4.79 Å². The van der Waals surface area contributed by atoms with E-state index in [0.717, 1.165) is 6.42 Å². The van der Waals surface area contributed by atoms with Crippen LogP contribution in [0.3, 0.4) is 0 Å². The summed E-state index contributed by atoms with van der Waals surface area (Å²) in [4.78, 5) is 18.0. The number of carbonyl (C=O) groups excluding carboxylic acids is 1. The predicted molar refractivity (Wildman–Crippen MR) is 76.2 cm³/mol. The van der Waals surface area contributed by atoms with Gasteiger partial charge in [0.15, 0.2) is 0 Å². The molecule has 0 saturated heterocycles. The maximum Gasteiger partial charge on any atom is 0.277 e. The van der Waals surface area contributed by atoms with E-state index in [0.29, 0.717) is 34.4 Å². The molecule has 0 spiro atoms. The molecule has 1 amide bonds. The van der Waals surface area contributed by atoms with Crippen LogP contribution in [0.15, 0.2) is 27.5 Å². The van der Waals surface area contributed by atoms with Crippen molar-refractivity contribution in [3.05, 3.63) is 44.6 Å². The van der Waals surface area contributed by atoms with E-state index < -0.39 is 0 Å². The fourth-order valence-electron chi connectivity index (χ4n) is 2.28. The number of amides is 1. The minimum atomic E-state index is -0.264. The summed E-state index contributed by atoms with van der Waals surface area (Å²) in [6.45, 7) is 0.596. The zero-order valence-electron chi connectivity index (χ0n) is 9.90. The summed E-state index contributed by atoms with van der Waals surface area (Å²) in [7, 11) is 0. The van der Waals surface area contributed by atoms with Crippen molar-refractivity contribution in [2.75, 3.05) is 11.4 Å². The highest BCUT2D eigenvalue weighted by Gasteiger charge is 2.26. The van der Waals surface area contributed by atoms with Gasteiger partial charge in [-0.1, -0.05) is 15.9 Å². The van der Waals surface area contributed by atoms with Crippen LogP contribution >= 0.6 is 27.3 Å². The third-order valence-electron chi connectivity index (χ3n) is 3.13. The highest BCUT2D eigenvalue weighted by atomic mass is 79.9. The fraction of sp³-hybridized carbons (Fsp3) is 0.231. The zero-order valence-corrected chi connectivity index (χ0v) is 12.3. The van der Waals surface area contributed by atoms with Gasteiger partial charge in [0, 0.05) is 22.0 Å². The molecule has 0 aliphatic carbocycles. The standard InChI is InChI=1S/C13H10BrFN2OS/c14-8-4-10(15)9-2-1-3-17(12(9)5-8)13(18)11-6-19-7-16-11/h4-7H,1-3H2. The highest BCUT2D eigenvalue weighted by molar-refractivity contribution is 9.10. The van der Waals surface area contributed by atoms with Gasteiger partial charge in [0.2, 0.25) is 0 Å². The van der Waals surface area contributed by atoms with Crippen LogP contribution in [0.4, 0.5) is 10.1 Å². The number of nitrogens with zero attached hydrogens (tertiary/aromatic N) is 2. The summed E-state index contributed by atoms with van der Waals surface area (Å²) in [6.07, 6.45) is 1.43. The van der Waals surface area contributed by atoms with Crippen LogP contribution in [-0.2, 0) is 6.42 Å². The van der Waals surface area contributed by atoms with Gasteiger partial charge in [-0.15, -0.1) is 11.3 Å². The smallest absolute Gasteiger partial charge is 0.277 e. The molecular weight excluding hydrogens is 331 g/mol. The third-order valence-corrected chi connectivity index (χ3v) is 4.18. The Hall–Kier alpha value is -1.27. The Bertz CT molecular complexity index is 630. The van der Waals surface area contributed by atoms with E-state index in [1.807, 2.05) is 0 Å². The summed E-state index contributed by atoms with van der Waals surface area (Å²) < 4.78 is 14.6. The predicted octanol–water partition coefficient (Wildman–Crippen LogP) is 3.64. The lowest BCUT2D eigenvalue weighted by Crippen LogP contribution is -2.36. The van der Waals surface area contributed by atoms with E-state index in [2.05, 4.69) is 20.9 Å². The molecule has 0 radical (unpaired) electrons. The maximum atomic E-state index is 13.9. The molecule has 0 saturated carbocycles. The second-order valence-electron chi connectivity index (χ2n) is 4.32. The van der Waals surface area contributed by atoms with E-state index in [1.165, 1.54) is 17.4 Å². The Morgan fingerprint density at radius 2 is 2.32 bits per heavy atom. The van der Waals surface area contributed by atoms with Gasteiger partial charge in [-0.25, -0.2) is 9.37 Å². The number of thiazole rings is 1. The molecule has 6 heteroatoms. The monoisotopic (exact) mass is 340 g/mol. The first-order chi connectivity index (χ1) is 9.16. The van der Waals surface area contributed by atoms with Crippen molar-refractivity contribution in [3.63, 3.8) is 0 Å². The molecule has 19 heavy (non-hydrogen) atoms. The number of aromatic nitrogens is 1. The van der Waals surface area contributed by atoms with Gasteiger partial charge >= 0.3 is 0 Å². The van der Waals surface area contributed by atoms with Gasteiger partial charge in [0.05, 0.1) is 11.2 Å². The van der Waals surface area contributed by atoms with Crippen molar-refractivity contribution in [1.29, 1.82) is 0 Å². The molecule has 98 valence electrons. The maximum absolute atomic E-state index is 13.9. The number of halogens is 2. The Labute approximate surface area is 122 Å². The Balaban J connectivity index is 2.05. The summed E-state index contributed by atoms with van der Waals surface area (Å²) >= 11 is 4.65. The first-order valence-corrected chi connectivity index (χ1v) is 7.58.